The van der Waals surface area contributed by atoms with Crippen molar-refractivity contribution in [3.63, 3.8) is 0 Å². The van der Waals surface area contributed by atoms with Gasteiger partial charge in [-0.1, -0.05) is 36.4 Å². The lowest BCUT2D eigenvalue weighted by Crippen LogP contribution is -2.27. The van der Waals surface area contributed by atoms with Gasteiger partial charge in [0.05, 0.1) is 16.8 Å². The predicted molar refractivity (Wildman–Crippen MR) is 114 cm³/mol. The van der Waals surface area contributed by atoms with E-state index >= 15 is 0 Å². The summed E-state index contributed by atoms with van der Waals surface area (Å²) in [7, 11) is 0. The third-order valence-electron chi connectivity index (χ3n) is 4.20. The van der Waals surface area contributed by atoms with Crippen LogP contribution in [0.4, 0.5) is 0 Å². The summed E-state index contributed by atoms with van der Waals surface area (Å²) in [5, 5.41) is 16.5. The molecule has 2 heterocycles. The van der Waals surface area contributed by atoms with Gasteiger partial charge in [0.25, 0.3) is 0 Å². The second-order valence-electron chi connectivity index (χ2n) is 6.39. The lowest BCUT2D eigenvalue weighted by molar-refractivity contribution is -0.119. The van der Waals surface area contributed by atoms with Crippen molar-refractivity contribution in [1.82, 2.24) is 25.2 Å². The van der Waals surface area contributed by atoms with E-state index in [1.54, 1.807) is 0 Å². The van der Waals surface area contributed by atoms with Gasteiger partial charge in [-0.2, -0.15) is 0 Å². The lowest BCUT2D eigenvalue weighted by Gasteiger charge is -2.10. The Bertz CT molecular complexity index is 1210. The Morgan fingerprint density at radius 2 is 2.00 bits per heavy atom. The zero-order valence-corrected chi connectivity index (χ0v) is 17.5. The van der Waals surface area contributed by atoms with E-state index in [1.165, 1.54) is 18.3 Å². The van der Waals surface area contributed by atoms with Crippen LogP contribution in [0.1, 0.15) is 29.8 Å². The molecule has 4 N–H and O–H groups in total. The standard InChI is InChI=1S/C19H18N6O3S2/c1-11(26)22-17(18-25-24-16(28-18)10-21-30(20)27)19-23-14-8-7-13(9-15(14)29-19)12-5-3-2-4-6-12/h2-9,17,21H,10,20H2,1H3,(H,22,26). The number of aromatic nitrogens is 3. The Balaban J connectivity index is 1.67. The van der Waals surface area contributed by atoms with Crippen LogP contribution in [0.15, 0.2) is 52.9 Å². The normalized spacial score (nSPS) is 13.3. The van der Waals surface area contributed by atoms with Crippen molar-refractivity contribution in [3.05, 3.63) is 65.3 Å². The zero-order chi connectivity index (χ0) is 21.1. The summed E-state index contributed by atoms with van der Waals surface area (Å²) >= 11 is -0.258. The highest BCUT2D eigenvalue weighted by atomic mass is 32.2. The van der Waals surface area contributed by atoms with Crippen LogP contribution >= 0.6 is 11.3 Å². The smallest absolute Gasteiger partial charge is 0.245 e. The van der Waals surface area contributed by atoms with E-state index in [0.29, 0.717) is 5.01 Å². The van der Waals surface area contributed by atoms with Crippen molar-refractivity contribution in [2.24, 2.45) is 5.14 Å². The van der Waals surface area contributed by atoms with Crippen molar-refractivity contribution in [1.29, 1.82) is 0 Å². The molecule has 11 heteroatoms. The summed E-state index contributed by atoms with van der Waals surface area (Å²) in [4.78, 5) is 16.4. The summed E-state index contributed by atoms with van der Waals surface area (Å²) in [5.74, 6) is 0.129. The maximum atomic E-state index is 11.8. The van der Waals surface area contributed by atoms with Crippen LogP contribution in [0, 0.1) is 0 Å². The van der Waals surface area contributed by atoms with Gasteiger partial charge in [-0.15, -0.1) is 21.5 Å². The number of carbonyl (C=O) groups is 1. The first kappa shape index (κ1) is 20.3. The van der Waals surface area contributed by atoms with E-state index in [9.17, 15) is 9.00 Å². The average molecular weight is 443 g/mol. The fourth-order valence-electron chi connectivity index (χ4n) is 2.90. The molecule has 0 saturated carbocycles. The molecule has 2 aromatic heterocycles. The minimum Gasteiger partial charge on any atom is -0.421 e. The first-order chi connectivity index (χ1) is 14.5. The van der Waals surface area contributed by atoms with Crippen molar-refractivity contribution in [2.75, 3.05) is 0 Å². The number of amides is 1. The fourth-order valence-corrected chi connectivity index (χ4v) is 4.21. The monoisotopic (exact) mass is 442 g/mol. The van der Waals surface area contributed by atoms with Gasteiger partial charge in [-0.05, 0) is 23.3 Å². The highest BCUT2D eigenvalue weighted by Crippen LogP contribution is 2.32. The number of hydrogen-bond acceptors (Lipinski definition) is 7. The van der Waals surface area contributed by atoms with Gasteiger partial charge in [0.1, 0.15) is 5.01 Å². The van der Waals surface area contributed by atoms with Gasteiger partial charge in [-0.25, -0.2) is 19.1 Å². The average Bonchev–Trinajstić information content (AvgIpc) is 3.37. The van der Waals surface area contributed by atoms with Gasteiger partial charge < -0.3 is 9.73 Å². The Morgan fingerprint density at radius 1 is 1.20 bits per heavy atom. The molecular formula is C19H18N6O3S2. The molecule has 1 amide bonds. The second-order valence-corrected chi connectivity index (χ2v) is 8.33. The highest BCUT2D eigenvalue weighted by molar-refractivity contribution is 7.80. The van der Waals surface area contributed by atoms with Gasteiger partial charge in [-0.3, -0.25) is 4.79 Å². The van der Waals surface area contributed by atoms with Crippen LogP contribution in [-0.4, -0.2) is 25.3 Å². The molecule has 0 spiro atoms. The number of carbonyl (C=O) groups excluding carboxylic acids is 1. The fraction of sp³-hybridized carbons (Fsp3) is 0.158. The minimum atomic E-state index is -1.70. The molecule has 0 fully saturated rings. The molecule has 0 aliphatic heterocycles. The number of nitrogens with two attached hydrogens (primary N) is 1. The maximum absolute atomic E-state index is 11.8. The Morgan fingerprint density at radius 3 is 2.73 bits per heavy atom. The van der Waals surface area contributed by atoms with Crippen molar-refractivity contribution >= 4 is 38.6 Å². The molecule has 4 aromatic rings. The zero-order valence-electron chi connectivity index (χ0n) is 15.9. The van der Waals surface area contributed by atoms with Gasteiger partial charge in [0.2, 0.25) is 17.7 Å². The SMILES string of the molecule is CC(=O)NC(c1nnc(CNS(N)=O)o1)c1nc2ccc(-c3ccccc3)cc2s1. The number of benzene rings is 2. The Labute approximate surface area is 178 Å². The van der Waals surface area contributed by atoms with Gasteiger partial charge >= 0.3 is 0 Å². The highest BCUT2D eigenvalue weighted by Gasteiger charge is 2.25. The molecule has 154 valence electrons. The maximum Gasteiger partial charge on any atom is 0.245 e. The van der Waals surface area contributed by atoms with Gasteiger partial charge in [0.15, 0.2) is 17.2 Å². The number of thiazole rings is 1. The quantitative estimate of drug-likeness (QED) is 0.401. The molecule has 2 atom stereocenters. The predicted octanol–water partition coefficient (Wildman–Crippen LogP) is 2.20. The summed E-state index contributed by atoms with van der Waals surface area (Å²) in [6.45, 7) is 1.45. The molecule has 0 radical (unpaired) electrons. The second kappa shape index (κ2) is 8.79. The molecule has 0 aliphatic carbocycles. The van der Waals surface area contributed by atoms with Crippen LogP contribution in [0.3, 0.4) is 0 Å². The minimum absolute atomic E-state index is 0.0448. The van der Waals surface area contributed by atoms with E-state index in [1.807, 2.05) is 42.5 Å². The van der Waals surface area contributed by atoms with E-state index in [2.05, 4.69) is 31.3 Å². The molecule has 0 aliphatic rings. The van der Waals surface area contributed by atoms with E-state index in [-0.39, 0.29) is 24.2 Å². The van der Waals surface area contributed by atoms with Crippen LogP contribution in [0.5, 0.6) is 0 Å². The Kier molecular flexibility index (Phi) is 5.95. The molecule has 30 heavy (non-hydrogen) atoms. The third-order valence-corrected chi connectivity index (χ3v) is 5.71. The van der Waals surface area contributed by atoms with E-state index < -0.39 is 17.2 Å². The summed E-state index contributed by atoms with van der Waals surface area (Å²) in [6.07, 6.45) is 0. The number of nitrogens with one attached hydrogen (secondary N) is 2. The van der Waals surface area contributed by atoms with E-state index in [0.717, 1.165) is 21.3 Å². The first-order valence-corrected chi connectivity index (χ1v) is 11.0. The van der Waals surface area contributed by atoms with Crippen LogP contribution in [0.25, 0.3) is 21.3 Å². The van der Waals surface area contributed by atoms with Crippen LogP contribution < -0.4 is 15.2 Å². The summed E-state index contributed by atoms with van der Waals surface area (Å²) in [6, 6.07) is 15.4. The van der Waals surface area contributed by atoms with Gasteiger partial charge in [0, 0.05) is 6.92 Å². The molecular weight excluding hydrogens is 424 g/mol. The topological polar surface area (TPSA) is 136 Å². The third kappa shape index (κ3) is 4.60. The first-order valence-electron chi connectivity index (χ1n) is 8.94. The number of rotatable bonds is 7. The Hall–Kier alpha value is -2.99. The number of fused-ring (bicyclic) bond motifs is 1. The molecule has 9 nitrogen and oxygen atoms in total. The molecule has 2 unspecified atom stereocenters. The molecule has 2 aromatic carbocycles. The number of hydrogen-bond donors (Lipinski definition) is 3. The summed E-state index contributed by atoms with van der Waals surface area (Å²) < 4.78 is 20.1. The van der Waals surface area contributed by atoms with Crippen molar-refractivity contribution in [3.8, 4) is 11.1 Å². The largest absolute Gasteiger partial charge is 0.421 e. The van der Waals surface area contributed by atoms with Crippen molar-refractivity contribution < 1.29 is 13.4 Å². The van der Waals surface area contributed by atoms with Crippen molar-refractivity contribution in [2.45, 2.75) is 19.5 Å². The van der Waals surface area contributed by atoms with Crippen LogP contribution in [0.2, 0.25) is 0 Å². The lowest BCUT2D eigenvalue weighted by atomic mass is 10.1. The summed E-state index contributed by atoms with van der Waals surface area (Å²) in [5.41, 5.74) is 3.00. The molecule has 4 rings (SSSR count). The molecule has 0 saturated heterocycles. The van der Waals surface area contributed by atoms with E-state index in [4.69, 9.17) is 9.56 Å². The van der Waals surface area contributed by atoms with Crippen LogP contribution in [-0.2, 0) is 22.5 Å². The molecule has 0 bridgehead atoms. The number of nitrogens with zero attached hydrogens (tertiary/aromatic N) is 3.